The van der Waals surface area contributed by atoms with E-state index in [1.54, 1.807) is 0 Å². The van der Waals surface area contributed by atoms with E-state index in [0.717, 1.165) is 64.2 Å². The Labute approximate surface area is 455 Å². The summed E-state index contributed by atoms with van der Waals surface area (Å²) in [6.45, 7) is 6.67. The zero-order valence-electron chi connectivity index (χ0n) is 49.2. The second-order valence-electron chi connectivity index (χ2n) is 22.0. The Morgan fingerprint density at radius 3 is 0.795 bits per heavy atom. The molecule has 0 aliphatic carbocycles. The third kappa shape index (κ3) is 60.4. The first-order valence-corrected chi connectivity index (χ1v) is 32.5. The maximum absolute atomic E-state index is 12.9. The van der Waals surface area contributed by atoms with Crippen LogP contribution in [-0.4, -0.2) is 37.2 Å². The van der Waals surface area contributed by atoms with Gasteiger partial charge in [0.25, 0.3) is 0 Å². The lowest BCUT2D eigenvalue weighted by Gasteiger charge is -2.18. The molecule has 428 valence electrons. The number of unbranched alkanes of at least 4 members (excludes halogenated alkanes) is 43. The molecule has 0 saturated carbocycles. The molecule has 0 aliphatic heterocycles. The Kier molecular flexibility index (Phi) is 60.2. The second-order valence-corrected chi connectivity index (χ2v) is 22.0. The molecule has 6 heteroatoms. The summed E-state index contributed by atoms with van der Waals surface area (Å²) in [7, 11) is 0. The van der Waals surface area contributed by atoms with Crippen molar-refractivity contribution in [1.29, 1.82) is 0 Å². The quantitative estimate of drug-likeness (QED) is 0.0261. The summed E-state index contributed by atoms with van der Waals surface area (Å²) < 4.78 is 17.0. The standard InChI is InChI=1S/C67H124O6/c1-4-7-10-13-16-19-22-25-28-31-33-36-39-42-45-48-51-54-57-60-66(69)72-63-64(62-71-65(68)59-56-53-50-47-44-41-38-35-30-27-24-21-18-15-12-9-6-3)73-67(70)61-58-55-52-49-46-43-40-37-34-32-29-26-23-20-17-14-11-8-5-2/h16,19,25-26,28-29,64H,4-15,17-18,20-24,27,30-63H2,1-3H3/b19-16-,28-25-,29-26-. The summed E-state index contributed by atoms with van der Waals surface area (Å²) in [6.07, 6.45) is 75.7. The Morgan fingerprint density at radius 1 is 0.274 bits per heavy atom. The van der Waals surface area contributed by atoms with E-state index >= 15 is 0 Å². The molecule has 0 spiro atoms. The van der Waals surface area contributed by atoms with Gasteiger partial charge in [-0.1, -0.05) is 295 Å². The molecule has 0 heterocycles. The van der Waals surface area contributed by atoms with Gasteiger partial charge in [-0.2, -0.15) is 0 Å². The SMILES string of the molecule is CCCCC/C=C\C/C=C\CCCCCCCCCCCC(=O)OCC(COC(=O)CCCCCCCCCCCCCCCCCCC)OC(=O)CCCCCCCCCCC/C=C\CCCCCCCC. The van der Waals surface area contributed by atoms with Crippen LogP contribution < -0.4 is 0 Å². The van der Waals surface area contributed by atoms with Crippen LogP contribution in [-0.2, 0) is 28.6 Å². The van der Waals surface area contributed by atoms with E-state index in [-0.39, 0.29) is 31.1 Å². The van der Waals surface area contributed by atoms with Crippen molar-refractivity contribution in [3.63, 3.8) is 0 Å². The summed E-state index contributed by atoms with van der Waals surface area (Å²) >= 11 is 0. The number of carbonyl (C=O) groups excluding carboxylic acids is 3. The van der Waals surface area contributed by atoms with E-state index in [1.807, 2.05) is 0 Å². The summed E-state index contributed by atoms with van der Waals surface area (Å²) in [5, 5.41) is 0. The van der Waals surface area contributed by atoms with Gasteiger partial charge in [-0.25, -0.2) is 0 Å². The zero-order chi connectivity index (χ0) is 52.9. The van der Waals surface area contributed by atoms with Gasteiger partial charge in [0.15, 0.2) is 6.10 Å². The molecule has 1 atom stereocenters. The number of rotatable bonds is 60. The molecule has 0 radical (unpaired) electrons. The van der Waals surface area contributed by atoms with Crippen LogP contribution in [0.15, 0.2) is 36.5 Å². The van der Waals surface area contributed by atoms with Gasteiger partial charge in [-0.3, -0.25) is 14.4 Å². The number of ether oxygens (including phenoxy) is 3. The normalized spacial score (nSPS) is 12.2. The molecule has 0 amide bonds. The molecular formula is C67H124O6. The lowest BCUT2D eigenvalue weighted by atomic mass is 10.0. The van der Waals surface area contributed by atoms with Crippen molar-refractivity contribution in [2.45, 2.75) is 361 Å². The minimum Gasteiger partial charge on any atom is -0.462 e. The fourth-order valence-electron chi connectivity index (χ4n) is 9.71. The Bertz CT molecular complexity index is 1220. The highest BCUT2D eigenvalue weighted by Crippen LogP contribution is 2.17. The molecule has 0 aromatic heterocycles. The molecule has 0 aromatic rings. The van der Waals surface area contributed by atoms with E-state index in [1.165, 1.54) is 250 Å². The summed E-state index contributed by atoms with van der Waals surface area (Å²) in [6, 6.07) is 0. The molecule has 73 heavy (non-hydrogen) atoms. The van der Waals surface area contributed by atoms with Gasteiger partial charge in [0.1, 0.15) is 13.2 Å². The first-order valence-electron chi connectivity index (χ1n) is 32.5. The van der Waals surface area contributed by atoms with Crippen LogP contribution in [0, 0.1) is 0 Å². The maximum Gasteiger partial charge on any atom is 0.306 e. The number of hydrogen-bond acceptors (Lipinski definition) is 6. The van der Waals surface area contributed by atoms with E-state index in [0.29, 0.717) is 19.3 Å². The molecule has 0 N–H and O–H groups in total. The van der Waals surface area contributed by atoms with Crippen LogP contribution in [0.2, 0.25) is 0 Å². The number of allylic oxidation sites excluding steroid dienone is 6. The minimum atomic E-state index is -0.773. The van der Waals surface area contributed by atoms with Crippen molar-refractivity contribution in [3.8, 4) is 0 Å². The minimum absolute atomic E-state index is 0.0696. The van der Waals surface area contributed by atoms with Crippen LogP contribution in [0.25, 0.3) is 0 Å². The summed E-state index contributed by atoms with van der Waals surface area (Å²) in [5.74, 6) is -0.851. The van der Waals surface area contributed by atoms with Crippen LogP contribution >= 0.6 is 0 Å². The molecule has 6 nitrogen and oxygen atoms in total. The van der Waals surface area contributed by atoms with Crippen molar-refractivity contribution >= 4 is 17.9 Å². The first-order chi connectivity index (χ1) is 36.0. The number of carbonyl (C=O) groups is 3. The van der Waals surface area contributed by atoms with Crippen LogP contribution in [0.3, 0.4) is 0 Å². The first kappa shape index (κ1) is 70.6. The fourth-order valence-corrected chi connectivity index (χ4v) is 9.71. The van der Waals surface area contributed by atoms with E-state index in [2.05, 4.69) is 57.2 Å². The highest BCUT2D eigenvalue weighted by molar-refractivity contribution is 5.71. The number of hydrogen-bond donors (Lipinski definition) is 0. The third-order valence-corrected chi connectivity index (χ3v) is 14.6. The van der Waals surface area contributed by atoms with Gasteiger partial charge in [0.2, 0.25) is 0 Å². The van der Waals surface area contributed by atoms with Gasteiger partial charge < -0.3 is 14.2 Å². The van der Waals surface area contributed by atoms with Gasteiger partial charge in [-0.05, 0) is 77.0 Å². The smallest absolute Gasteiger partial charge is 0.306 e. The zero-order valence-corrected chi connectivity index (χ0v) is 49.2. The highest BCUT2D eigenvalue weighted by Gasteiger charge is 2.19. The van der Waals surface area contributed by atoms with E-state index in [4.69, 9.17) is 14.2 Å². The summed E-state index contributed by atoms with van der Waals surface area (Å²) in [5.41, 5.74) is 0. The topological polar surface area (TPSA) is 78.9 Å². The molecule has 0 bridgehead atoms. The van der Waals surface area contributed by atoms with Gasteiger partial charge in [0.05, 0.1) is 0 Å². The molecule has 0 aromatic carbocycles. The van der Waals surface area contributed by atoms with E-state index < -0.39 is 6.10 Å². The molecule has 0 rings (SSSR count). The summed E-state index contributed by atoms with van der Waals surface area (Å²) in [4.78, 5) is 38.3. The molecule has 1 unspecified atom stereocenters. The molecule has 0 saturated heterocycles. The average Bonchev–Trinajstić information content (AvgIpc) is 3.39. The van der Waals surface area contributed by atoms with Crippen LogP contribution in [0.4, 0.5) is 0 Å². The molecular weight excluding hydrogens is 901 g/mol. The average molecular weight is 1030 g/mol. The third-order valence-electron chi connectivity index (χ3n) is 14.6. The Morgan fingerprint density at radius 2 is 0.493 bits per heavy atom. The van der Waals surface area contributed by atoms with Gasteiger partial charge in [-0.15, -0.1) is 0 Å². The van der Waals surface area contributed by atoms with Crippen LogP contribution in [0.5, 0.6) is 0 Å². The fraction of sp³-hybridized carbons (Fsp3) is 0.866. The Balaban J connectivity index is 4.34. The highest BCUT2D eigenvalue weighted by atomic mass is 16.6. The van der Waals surface area contributed by atoms with E-state index in [9.17, 15) is 14.4 Å². The number of esters is 3. The van der Waals surface area contributed by atoms with Crippen LogP contribution in [0.1, 0.15) is 355 Å². The van der Waals surface area contributed by atoms with Crippen molar-refractivity contribution in [3.05, 3.63) is 36.5 Å². The van der Waals surface area contributed by atoms with Gasteiger partial charge in [0, 0.05) is 19.3 Å². The van der Waals surface area contributed by atoms with Crippen molar-refractivity contribution in [2.75, 3.05) is 13.2 Å². The van der Waals surface area contributed by atoms with Gasteiger partial charge >= 0.3 is 17.9 Å². The Hall–Kier alpha value is -2.37. The monoisotopic (exact) mass is 1020 g/mol. The van der Waals surface area contributed by atoms with Crippen molar-refractivity contribution in [1.82, 2.24) is 0 Å². The lowest BCUT2D eigenvalue weighted by Crippen LogP contribution is -2.30. The van der Waals surface area contributed by atoms with Crippen molar-refractivity contribution in [2.24, 2.45) is 0 Å². The lowest BCUT2D eigenvalue weighted by molar-refractivity contribution is -0.167. The van der Waals surface area contributed by atoms with Crippen molar-refractivity contribution < 1.29 is 28.6 Å². The second kappa shape index (κ2) is 62.2. The largest absolute Gasteiger partial charge is 0.462 e. The predicted molar refractivity (Wildman–Crippen MR) is 316 cm³/mol. The molecule has 0 aliphatic rings. The molecule has 0 fully saturated rings. The predicted octanol–water partition coefficient (Wildman–Crippen LogP) is 22.0. The maximum atomic E-state index is 12.9.